The molecule has 0 bridgehead atoms. The zero-order valence-electron chi connectivity index (χ0n) is 11.6. The van der Waals surface area contributed by atoms with Crippen molar-refractivity contribution in [2.45, 2.75) is 13.3 Å². The molecule has 1 rings (SSSR count). The highest BCUT2D eigenvalue weighted by atomic mass is 32.2. The summed E-state index contributed by atoms with van der Waals surface area (Å²) in [4.78, 5) is 0. The van der Waals surface area contributed by atoms with E-state index in [0.29, 0.717) is 17.9 Å². The zero-order valence-corrected chi connectivity index (χ0v) is 12.4. The van der Waals surface area contributed by atoms with E-state index in [4.69, 9.17) is 9.47 Å². The van der Waals surface area contributed by atoms with Crippen molar-refractivity contribution in [1.82, 2.24) is 0 Å². The topological polar surface area (TPSA) is 93.1 Å². The standard InChI is InChI=1S/C12H19BO6S/c1-3-20(16,17)8-4-7-19-12-6-5-10(18-2)9-11(12)13(14)15/h5-6,9,14-15H,3-4,7-8H2,1-2H3. The maximum atomic E-state index is 11.3. The van der Waals surface area contributed by atoms with Crippen molar-refractivity contribution in [2.24, 2.45) is 0 Å². The molecule has 0 radical (unpaired) electrons. The van der Waals surface area contributed by atoms with Gasteiger partial charge in [-0.3, -0.25) is 0 Å². The molecule has 0 aromatic heterocycles. The Bertz CT molecular complexity index is 529. The van der Waals surface area contributed by atoms with Gasteiger partial charge in [-0.1, -0.05) is 6.92 Å². The van der Waals surface area contributed by atoms with Crippen LogP contribution in [0.2, 0.25) is 0 Å². The molecule has 0 fully saturated rings. The highest BCUT2D eigenvalue weighted by Gasteiger charge is 2.18. The third-order valence-corrected chi connectivity index (χ3v) is 4.58. The monoisotopic (exact) mass is 302 g/mol. The van der Waals surface area contributed by atoms with E-state index >= 15 is 0 Å². The maximum absolute atomic E-state index is 11.3. The number of ether oxygens (including phenoxy) is 2. The van der Waals surface area contributed by atoms with Gasteiger partial charge in [0, 0.05) is 11.2 Å². The van der Waals surface area contributed by atoms with Crippen molar-refractivity contribution in [3.8, 4) is 11.5 Å². The van der Waals surface area contributed by atoms with Gasteiger partial charge < -0.3 is 19.5 Å². The molecule has 20 heavy (non-hydrogen) atoms. The largest absolute Gasteiger partial charge is 0.497 e. The summed E-state index contributed by atoms with van der Waals surface area (Å²) in [5, 5.41) is 18.5. The predicted octanol–water partition coefficient (Wildman–Crippen LogP) is -0.421. The first-order valence-electron chi connectivity index (χ1n) is 6.27. The van der Waals surface area contributed by atoms with Gasteiger partial charge in [0.2, 0.25) is 0 Å². The summed E-state index contributed by atoms with van der Waals surface area (Å²) >= 11 is 0. The van der Waals surface area contributed by atoms with E-state index in [-0.39, 0.29) is 23.6 Å². The van der Waals surface area contributed by atoms with Crippen molar-refractivity contribution in [1.29, 1.82) is 0 Å². The summed E-state index contributed by atoms with van der Waals surface area (Å²) in [6.07, 6.45) is 0.350. The third kappa shape index (κ3) is 5.03. The molecule has 8 heteroatoms. The Kier molecular flexibility index (Phi) is 6.32. The lowest BCUT2D eigenvalue weighted by Crippen LogP contribution is -2.31. The molecule has 0 saturated carbocycles. The van der Waals surface area contributed by atoms with Crippen molar-refractivity contribution in [3.63, 3.8) is 0 Å². The molecule has 0 spiro atoms. The van der Waals surface area contributed by atoms with Crippen LogP contribution in [0.1, 0.15) is 13.3 Å². The minimum atomic E-state index is -3.01. The minimum absolute atomic E-state index is 0.0522. The quantitative estimate of drug-likeness (QED) is 0.500. The van der Waals surface area contributed by atoms with Crippen molar-refractivity contribution in [2.75, 3.05) is 25.2 Å². The number of benzene rings is 1. The van der Waals surface area contributed by atoms with Crippen LogP contribution in [0.15, 0.2) is 18.2 Å². The van der Waals surface area contributed by atoms with Gasteiger partial charge in [-0.15, -0.1) is 0 Å². The second kappa shape index (κ2) is 7.51. The Hall–Kier alpha value is -1.25. The van der Waals surface area contributed by atoms with Crippen LogP contribution < -0.4 is 14.9 Å². The Morgan fingerprint density at radius 1 is 1.30 bits per heavy atom. The minimum Gasteiger partial charge on any atom is -0.497 e. The lowest BCUT2D eigenvalue weighted by Gasteiger charge is -2.12. The number of hydrogen-bond acceptors (Lipinski definition) is 6. The molecule has 0 amide bonds. The SMILES string of the molecule is CCS(=O)(=O)CCCOc1ccc(OC)cc1B(O)O. The fourth-order valence-corrected chi connectivity index (χ4v) is 2.44. The van der Waals surface area contributed by atoms with Crippen LogP contribution in [0, 0.1) is 0 Å². The van der Waals surface area contributed by atoms with E-state index in [2.05, 4.69) is 0 Å². The molecule has 6 nitrogen and oxygen atoms in total. The van der Waals surface area contributed by atoms with E-state index in [1.54, 1.807) is 19.1 Å². The molecule has 2 N–H and O–H groups in total. The lowest BCUT2D eigenvalue weighted by molar-refractivity contribution is 0.317. The maximum Gasteiger partial charge on any atom is 0.492 e. The van der Waals surface area contributed by atoms with Gasteiger partial charge in [0.05, 0.1) is 19.5 Å². The first-order chi connectivity index (χ1) is 9.39. The van der Waals surface area contributed by atoms with Crippen molar-refractivity contribution < 1.29 is 27.9 Å². The highest BCUT2D eigenvalue weighted by Crippen LogP contribution is 2.16. The third-order valence-electron chi connectivity index (χ3n) is 2.79. The van der Waals surface area contributed by atoms with Gasteiger partial charge in [0.15, 0.2) is 0 Å². The Morgan fingerprint density at radius 2 is 2.00 bits per heavy atom. The van der Waals surface area contributed by atoms with Crippen LogP contribution in [0.25, 0.3) is 0 Å². The molecule has 1 aromatic carbocycles. The number of methoxy groups -OCH3 is 1. The fraction of sp³-hybridized carbons (Fsp3) is 0.500. The smallest absolute Gasteiger partial charge is 0.492 e. The van der Waals surface area contributed by atoms with E-state index in [9.17, 15) is 18.5 Å². The van der Waals surface area contributed by atoms with Gasteiger partial charge >= 0.3 is 7.12 Å². The van der Waals surface area contributed by atoms with Crippen molar-refractivity contribution in [3.05, 3.63) is 18.2 Å². The fourth-order valence-electron chi connectivity index (χ4n) is 1.59. The van der Waals surface area contributed by atoms with Crippen LogP contribution in [0.3, 0.4) is 0 Å². The number of hydrogen-bond donors (Lipinski definition) is 2. The van der Waals surface area contributed by atoms with E-state index < -0.39 is 17.0 Å². The molecular weight excluding hydrogens is 283 g/mol. The molecular formula is C12H19BO6S. The first-order valence-corrected chi connectivity index (χ1v) is 8.09. The molecule has 112 valence electrons. The molecule has 0 aliphatic heterocycles. The summed E-state index contributed by atoms with van der Waals surface area (Å²) in [6.45, 7) is 1.78. The number of sulfone groups is 1. The van der Waals surface area contributed by atoms with E-state index in [0.717, 1.165) is 0 Å². The Labute approximate surface area is 119 Å². The highest BCUT2D eigenvalue weighted by molar-refractivity contribution is 7.91. The van der Waals surface area contributed by atoms with Gasteiger partial charge in [-0.05, 0) is 24.6 Å². The molecule has 1 aromatic rings. The molecule has 0 unspecified atom stereocenters. The van der Waals surface area contributed by atoms with Gasteiger partial charge in [-0.2, -0.15) is 0 Å². The molecule has 0 heterocycles. The first kappa shape index (κ1) is 16.8. The van der Waals surface area contributed by atoms with Gasteiger partial charge in [0.25, 0.3) is 0 Å². The summed E-state index contributed by atoms with van der Waals surface area (Å²) in [5.41, 5.74) is 0.183. The van der Waals surface area contributed by atoms with Crippen LogP contribution in [-0.4, -0.2) is 50.8 Å². The molecule has 0 saturated heterocycles. The van der Waals surface area contributed by atoms with Crippen LogP contribution in [0.5, 0.6) is 11.5 Å². The molecule has 0 aliphatic rings. The number of rotatable bonds is 8. The van der Waals surface area contributed by atoms with Crippen LogP contribution in [0.4, 0.5) is 0 Å². The summed E-state index contributed by atoms with van der Waals surface area (Å²) in [7, 11) is -3.22. The Balaban J connectivity index is 2.64. The summed E-state index contributed by atoms with van der Waals surface area (Å²) in [6, 6.07) is 4.65. The summed E-state index contributed by atoms with van der Waals surface area (Å²) in [5.74, 6) is 0.941. The van der Waals surface area contributed by atoms with Crippen molar-refractivity contribution >= 4 is 22.4 Å². The average Bonchev–Trinajstić information content (AvgIpc) is 2.43. The van der Waals surface area contributed by atoms with Crippen LogP contribution in [-0.2, 0) is 9.84 Å². The second-order valence-electron chi connectivity index (χ2n) is 4.22. The van der Waals surface area contributed by atoms with Gasteiger partial charge in [-0.25, -0.2) is 8.42 Å². The normalized spacial score (nSPS) is 11.2. The van der Waals surface area contributed by atoms with Gasteiger partial charge in [0.1, 0.15) is 21.3 Å². The Morgan fingerprint density at radius 3 is 2.55 bits per heavy atom. The van der Waals surface area contributed by atoms with E-state index in [1.165, 1.54) is 13.2 Å². The molecule has 0 aliphatic carbocycles. The molecule has 0 atom stereocenters. The lowest BCUT2D eigenvalue weighted by atomic mass is 9.79. The summed E-state index contributed by atoms with van der Waals surface area (Å²) < 4.78 is 33.0. The van der Waals surface area contributed by atoms with Crippen LogP contribution >= 0.6 is 0 Å². The van der Waals surface area contributed by atoms with E-state index in [1.807, 2.05) is 0 Å². The zero-order chi connectivity index (χ0) is 15.2. The average molecular weight is 302 g/mol. The predicted molar refractivity (Wildman–Crippen MR) is 77.3 cm³/mol. The second-order valence-corrected chi connectivity index (χ2v) is 6.69.